The van der Waals surface area contributed by atoms with Crippen LogP contribution in [0.15, 0.2) is 54.6 Å². The Bertz CT molecular complexity index is 1690. The van der Waals surface area contributed by atoms with Crippen LogP contribution in [0.2, 0.25) is 5.02 Å². The highest BCUT2D eigenvalue weighted by atomic mass is 35.5. The molecule has 12 heteroatoms. The Hall–Kier alpha value is -3.93. The van der Waals surface area contributed by atoms with Crippen LogP contribution in [0, 0.1) is 6.92 Å². The van der Waals surface area contributed by atoms with Crippen LogP contribution in [-0.2, 0) is 10.9 Å². The molecule has 3 aromatic carbocycles. The van der Waals surface area contributed by atoms with Crippen molar-refractivity contribution >= 4 is 45.8 Å². The lowest BCUT2D eigenvalue weighted by molar-refractivity contribution is -0.137. The van der Waals surface area contributed by atoms with Crippen LogP contribution in [0.4, 0.5) is 24.5 Å². The first-order chi connectivity index (χ1) is 20.2. The maximum Gasteiger partial charge on any atom is 0.417 e. The molecule has 1 aliphatic rings. The smallest absolute Gasteiger partial charge is 0.360 e. The molecule has 5 rings (SSSR count). The number of carbonyl (C=O) groups excluding carboxylic acids is 2. The second-order valence-corrected chi connectivity index (χ2v) is 11.9. The van der Waals surface area contributed by atoms with E-state index in [0.29, 0.717) is 53.0 Å². The van der Waals surface area contributed by atoms with Gasteiger partial charge in [-0.05, 0) is 69.7 Å². The van der Waals surface area contributed by atoms with Crippen molar-refractivity contribution < 1.29 is 27.5 Å². The summed E-state index contributed by atoms with van der Waals surface area (Å²) < 4.78 is 46.6. The van der Waals surface area contributed by atoms with Gasteiger partial charge in [-0.3, -0.25) is 14.5 Å². The van der Waals surface area contributed by atoms with Crippen molar-refractivity contribution in [1.29, 1.82) is 0 Å². The Balaban J connectivity index is 1.47. The number of aromatic amines is 1. The maximum absolute atomic E-state index is 13.6. The highest BCUT2D eigenvalue weighted by molar-refractivity contribution is 6.31. The molecule has 1 aliphatic heterocycles. The Morgan fingerprint density at radius 1 is 1.02 bits per heavy atom. The number of nitrogens with zero attached hydrogens (tertiary/aromatic N) is 2. The molecule has 4 aromatic rings. The van der Waals surface area contributed by atoms with E-state index in [4.69, 9.17) is 21.3 Å². The van der Waals surface area contributed by atoms with Gasteiger partial charge >= 0.3 is 6.18 Å². The standard InChI is InChI=1S/C31H31ClF3N5O3/c1-17-23(32)10-7-11-24(17)38-29(42)21-12-19(36-28(41)20-8-5-6-9-22(20)31(33,34)35)13-25-26(21)39-27(37-25)18-14-40(15-18)16-43-30(2,3)4/h5-13,18H,14-16H2,1-4H3,(H,36,41)(H,37,39)(H,38,42). The Kier molecular flexibility index (Phi) is 8.26. The normalized spacial score (nSPS) is 14.5. The average Bonchev–Trinajstić information content (AvgIpc) is 3.32. The van der Waals surface area contributed by atoms with E-state index < -0.39 is 29.1 Å². The number of alkyl halides is 3. The zero-order valence-corrected chi connectivity index (χ0v) is 24.8. The SMILES string of the molecule is Cc1c(Cl)cccc1NC(=O)c1cc(NC(=O)c2ccccc2C(F)(F)F)cc2[nH]c(C3CN(COC(C)(C)C)C3)nc12. The van der Waals surface area contributed by atoms with Gasteiger partial charge < -0.3 is 20.4 Å². The van der Waals surface area contributed by atoms with Gasteiger partial charge in [0, 0.05) is 35.4 Å². The molecule has 226 valence electrons. The molecule has 0 saturated carbocycles. The van der Waals surface area contributed by atoms with Crippen molar-refractivity contribution in [3.8, 4) is 0 Å². The molecule has 3 N–H and O–H groups in total. The van der Waals surface area contributed by atoms with Gasteiger partial charge in [0.25, 0.3) is 11.8 Å². The number of halogens is 4. The Morgan fingerprint density at radius 3 is 2.42 bits per heavy atom. The number of benzene rings is 3. The summed E-state index contributed by atoms with van der Waals surface area (Å²) in [6.45, 7) is 9.58. The number of anilines is 2. The average molecular weight is 614 g/mol. The number of H-pyrrole nitrogens is 1. The second kappa shape index (κ2) is 11.6. The summed E-state index contributed by atoms with van der Waals surface area (Å²) in [4.78, 5) is 36.7. The summed E-state index contributed by atoms with van der Waals surface area (Å²) in [5.74, 6) is -0.772. The second-order valence-electron chi connectivity index (χ2n) is 11.5. The van der Waals surface area contributed by atoms with Crippen LogP contribution < -0.4 is 10.6 Å². The Labute approximate surface area is 251 Å². The van der Waals surface area contributed by atoms with Crippen molar-refractivity contribution in [2.24, 2.45) is 0 Å². The molecule has 1 saturated heterocycles. The van der Waals surface area contributed by atoms with Gasteiger partial charge in [-0.2, -0.15) is 13.2 Å². The summed E-state index contributed by atoms with van der Waals surface area (Å²) >= 11 is 6.23. The predicted octanol–water partition coefficient (Wildman–Crippen LogP) is 7.22. The molecule has 2 amide bonds. The number of ether oxygens (including phenoxy) is 1. The zero-order chi connectivity index (χ0) is 31.1. The van der Waals surface area contributed by atoms with E-state index >= 15 is 0 Å². The molecule has 43 heavy (non-hydrogen) atoms. The van der Waals surface area contributed by atoms with E-state index in [1.54, 1.807) is 31.2 Å². The Morgan fingerprint density at radius 2 is 1.72 bits per heavy atom. The lowest BCUT2D eigenvalue weighted by Crippen LogP contribution is -2.47. The molecular weight excluding hydrogens is 583 g/mol. The minimum Gasteiger partial charge on any atom is -0.360 e. The van der Waals surface area contributed by atoms with Crippen LogP contribution in [0.5, 0.6) is 0 Å². The van der Waals surface area contributed by atoms with E-state index in [1.807, 2.05) is 20.8 Å². The van der Waals surface area contributed by atoms with Gasteiger partial charge in [-0.25, -0.2) is 4.98 Å². The first-order valence-electron chi connectivity index (χ1n) is 13.6. The monoisotopic (exact) mass is 613 g/mol. The highest BCUT2D eigenvalue weighted by Crippen LogP contribution is 2.34. The third-order valence-electron chi connectivity index (χ3n) is 7.12. The fourth-order valence-electron chi connectivity index (χ4n) is 4.77. The summed E-state index contributed by atoms with van der Waals surface area (Å²) in [5, 5.41) is 5.85. The summed E-state index contributed by atoms with van der Waals surface area (Å²) in [5.41, 5.74) is 0.372. The van der Waals surface area contributed by atoms with Crippen molar-refractivity contribution in [3.05, 3.63) is 87.7 Å². The first-order valence-corrected chi connectivity index (χ1v) is 14.0. The first kappa shape index (κ1) is 30.5. The van der Waals surface area contributed by atoms with Crippen LogP contribution >= 0.6 is 11.6 Å². The number of likely N-dealkylation sites (tertiary alicyclic amines) is 1. The lowest BCUT2D eigenvalue weighted by Gasteiger charge is -2.39. The number of aromatic nitrogens is 2. The minimum atomic E-state index is -4.72. The van der Waals surface area contributed by atoms with E-state index in [-0.39, 0.29) is 22.8 Å². The van der Waals surface area contributed by atoms with Crippen LogP contribution in [-0.4, -0.2) is 52.1 Å². The number of rotatable bonds is 7. The van der Waals surface area contributed by atoms with E-state index in [0.717, 1.165) is 12.1 Å². The number of hydrogen-bond acceptors (Lipinski definition) is 5. The van der Waals surface area contributed by atoms with Gasteiger partial charge in [0.15, 0.2) is 0 Å². The summed E-state index contributed by atoms with van der Waals surface area (Å²) in [7, 11) is 0. The van der Waals surface area contributed by atoms with Crippen molar-refractivity contribution in [3.63, 3.8) is 0 Å². The number of hydrogen-bond donors (Lipinski definition) is 3. The number of fused-ring (bicyclic) bond motifs is 1. The fourth-order valence-corrected chi connectivity index (χ4v) is 4.94. The van der Waals surface area contributed by atoms with Crippen molar-refractivity contribution in [1.82, 2.24) is 14.9 Å². The quantitative estimate of drug-likeness (QED) is 0.204. The molecule has 0 unspecified atom stereocenters. The number of amides is 2. The summed E-state index contributed by atoms with van der Waals surface area (Å²) in [6.07, 6.45) is -4.72. The summed E-state index contributed by atoms with van der Waals surface area (Å²) in [6, 6.07) is 12.6. The van der Waals surface area contributed by atoms with E-state index in [1.165, 1.54) is 18.2 Å². The lowest BCUT2D eigenvalue weighted by atomic mass is 10.0. The van der Waals surface area contributed by atoms with Crippen LogP contribution in [0.25, 0.3) is 11.0 Å². The number of nitrogens with one attached hydrogen (secondary N) is 3. The third-order valence-corrected chi connectivity index (χ3v) is 7.53. The largest absolute Gasteiger partial charge is 0.417 e. The molecule has 8 nitrogen and oxygen atoms in total. The zero-order valence-electron chi connectivity index (χ0n) is 24.0. The topological polar surface area (TPSA) is 99.4 Å². The van der Waals surface area contributed by atoms with Gasteiger partial charge in [0.2, 0.25) is 0 Å². The van der Waals surface area contributed by atoms with Crippen molar-refractivity contribution in [2.45, 2.75) is 45.4 Å². The predicted molar refractivity (Wildman–Crippen MR) is 160 cm³/mol. The minimum absolute atomic E-state index is 0.0544. The maximum atomic E-state index is 13.6. The van der Waals surface area contributed by atoms with Crippen molar-refractivity contribution in [2.75, 3.05) is 30.5 Å². The highest BCUT2D eigenvalue weighted by Gasteiger charge is 2.35. The molecule has 0 atom stereocenters. The molecule has 1 aromatic heterocycles. The number of carbonyl (C=O) groups is 2. The fraction of sp³-hybridized carbons (Fsp3) is 0.323. The molecule has 2 heterocycles. The third kappa shape index (κ3) is 6.84. The van der Waals surface area contributed by atoms with Gasteiger partial charge in [-0.1, -0.05) is 29.8 Å². The van der Waals surface area contributed by atoms with E-state index in [9.17, 15) is 22.8 Å². The molecule has 0 radical (unpaired) electrons. The molecule has 0 spiro atoms. The van der Waals surface area contributed by atoms with Gasteiger partial charge in [0.1, 0.15) is 11.3 Å². The van der Waals surface area contributed by atoms with Gasteiger partial charge in [0.05, 0.1) is 34.5 Å². The van der Waals surface area contributed by atoms with Crippen LogP contribution in [0.1, 0.15) is 64.4 Å². The molecular formula is C31H31ClF3N5O3. The van der Waals surface area contributed by atoms with Gasteiger partial charge in [-0.15, -0.1) is 0 Å². The molecule has 0 bridgehead atoms. The number of imidazole rings is 1. The van der Waals surface area contributed by atoms with E-state index in [2.05, 4.69) is 20.5 Å². The van der Waals surface area contributed by atoms with Crippen LogP contribution in [0.3, 0.4) is 0 Å². The molecule has 0 aliphatic carbocycles. The molecule has 1 fully saturated rings.